The number of carbonyl (C=O) groups excluding carboxylic acids is 2. The average molecular weight is 554 g/mol. The summed E-state index contributed by atoms with van der Waals surface area (Å²) in [5.74, 6) is 2.49. The Kier molecular flexibility index (Phi) is 7.65. The molecule has 39 heavy (non-hydrogen) atoms. The first-order valence-corrected chi connectivity index (χ1v) is 16.8. The van der Waals surface area contributed by atoms with Gasteiger partial charge in [0.05, 0.1) is 0 Å². The van der Waals surface area contributed by atoms with Gasteiger partial charge < -0.3 is 10.2 Å². The monoisotopic (exact) mass is 553 g/mol. The van der Waals surface area contributed by atoms with Crippen molar-refractivity contribution in [3.8, 4) is 0 Å². The van der Waals surface area contributed by atoms with Crippen LogP contribution in [0.4, 0.5) is 0 Å². The molecular weight excluding hydrogens is 502 g/mol. The number of thiocarbonyl (C=S) groups is 1. The molecule has 5 fully saturated rings. The van der Waals surface area contributed by atoms with Crippen LogP contribution >= 0.6 is 12.2 Å². The molecule has 6 heteroatoms. The minimum absolute atomic E-state index is 0.0453. The van der Waals surface area contributed by atoms with Crippen molar-refractivity contribution in [3.05, 3.63) is 11.8 Å². The maximum absolute atomic E-state index is 14.7. The molecular formula is C33H51N3O2S. The SMILES string of the molecule is CN1C(=O)CC[C@@]2(C)C1=CC[C@@H]1[C@H]2CC[C@]2(C)C(C(=O)N(C(=S)NC3CCCCC3)C3CCCCC3)CC[C@@H]12. The van der Waals surface area contributed by atoms with Crippen molar-refractivity contribution in [1.29, 1.82) is 0 Å². The van der Waals surface area contributed by atoms with E-state index in [9.17, 15) is 9.59 Å². The van der Waals surface area contributed by atoms with E-state index in [-0.39, 0.29) is 28.7 Å². The number of rotatable bonds is 3. The number of hydrogen-bond donors (Lipinski definition) is 1. The molecule has 0 aromatic rings. The van der Waals surface area contributed by atoms with Crippen LogP contribution in [0.3, 0.4) is 0 Å². The van der Waals surface area contributed by atoms with Gasteiger partial charge in [0.1, 0.15) is 0 Å². The third-order valence-corrected chi connectivity index (χ3v) is 13.0. The molecule has 2 amide bonds. The van der Waals surface area contributed by atoms with Crippen LogP contribution in [0.15, 0.2) is 11.8 Å². The number of nitrogens with zero attached hydrogens (tertiary/aromatic N) is 2. The molecule has 6 rings (SSSR count). The molecule has 6 atom stereocenters. The van der Waals surface area contributed by atoms with Gasteiger partial charge in [0, 0.05) is 42.6 Å². The molecule has 0 aromatic carbocycles. The van der Waals surface area contributed by atoms with E-state index in [2.05, 4.69) is 30.1 Å². The van der Waals surface area contributed by atoms with Gasteiger partial charge in [0.2, 0.25) is 11.8 Å². The maximum Gasteiger partial charge on any atom is 0.232 e. The van der Waals surface area contributed by atoms with Gasteiger partial charge in [0.15, 0.2) is 5.11 Å². The summed E-state index contributed by atoms with van der Waals surface area (Å²) in [5.41, 5.74) is 1.41. The molecule has 1 N–H and O–H groups in total. The molecule has 5 aliphatic carbocycles. The van der Waals surface area contributed by atoms with Crippen LogP contribution in [-0.4, -0.2) is 45.9 Å². The predicted molar refractivity (Wildman–Crippen MR) is 160 cm³/mol. The largest absolute Gasteiger partial charge is 0.359 e. The third-order valence-electron chi connectivity index (χ3n) is 12.6. The Bertz CT molecular complexity index is 1010. The second-order valence-corrected chi connectivity index (χ2v) is 14.9. The van der Waals surface area contributed by atoms with Crippen LogP contribution in [0.25, 0.3) is 0 Å². The summed E-state index contributed by atoms with van der Waals surface area (Å²) in [6.07, 6.45) is 21.6. The molecule has 6 aliphatic rings. The zero-order valence-corrected chi connectivity index (χ0v) is 25.5. The van der Waals surface area contributed by atoms with Gasteiger partial charge in [-0.05, 0) is 99.6 Å². The first-order valence-electron chi connectivity index (χ1n) is 16.3. The fourth-order valence-electron chi connectivity index (χ4n) is 10.4. The van der Waals surface area contributed by atoms with Crippen molar-refractivity contribution in [2.75, 3.05) is 7.05 Å². The van der Waals surface area contributed by atoms with E-state index in [1.165, 1.54) is 63.5 Å². The first-order chi connectivity index (χ1) is 18.7. The fraction of sp³-hybridized carbons (Fsp3) is 0.848. The van der Waals surface area contributed by atoms with E-state index in [0.29, 0.717) is 36.1 Å². The number of nitrogens with one attached hydrogen (secondary N) is 1. The van der Waals surface area contributed by atoms with Crippen LogP contribution in [0.2, 0.25) is 0 Å². The van der Waals surface area contributed by atoms with Crippen LogP contribution < -0.4 is 5.32 Å². The fourth-order valence-corrected chi connectivity index (χ4v) is 10.8. The number of likely N-dealkylation sites (tertiary alicyclic amines) is 1. The highest BCUT2D eigenvalue weighted by atomic mass is 32.1. The smallest absolute Gasteiger partial charge is 0.232 e. The lowest BCUT2D eigenvalue weighted by Crippen LogP contribution is -2.57. The van der Waals surface area contributed by atoms with E-state index in [1.807, 2.05) is 11.9 Å². The number of carbonyl (C=O) groups is 2. The summed E-state index contributed by atoms with van der Waals surface area (Å²) in [7, 11) is 1.98. The molecule has 1 saturated heterocycles. The Hall–Kier alpha value is -1.43. The second-order valence-electron chi connectivity index (χ2n) is 14.5. The zero-order valence-electron chi connectivity index (χ0n) is 24.7. The van der Waals surface area contributed by atoms with Crippen LogP contribution in [0.5, 0.6) is 0 Å². The summed E-state index contributed by atoms with van der Waals surface area (Å²) in [6.45, 7) is 4.89. The van der Waals surface area contributed by atoms with E-state index in [4.69, 9.17) is 12.2 Å². The van der Waals surface area contributed by atoms with Crippen LogP contribution in [0.1, 0.15) is 123 Å². The van der Waals surface area contributed by atoms with E-state index in [1.54, 1.807) is 0 Å². The van der Waals surface area contributed by atoms with E-state index in [0.717, 1.165) is 50.1 Å². The standard InChI is InChI=1S/C33H51N3O2S/c1-32-20-18-26-24(14-17-28-33(26,2)21-19-29(37)35(28)3)25(32)15-16-27(32)30(38)36(23-12-8-5-9-13-23)31(39)34-22-10-6-4-7-11-22/h17,22-27H,4-16,18-21H2,1-3H3,(H,34,39)/t24-,25-,26+,27?,32-,33+/m0/s1. The lowest BCUT2D eigenvalue weighted by molar-refractivity contribution is -0.143. The Morgan fingerprint density at radius 1 is 0.949 bits per heavy atom. The summed E-state index contributed by atoms with van der Waals surface area (Å²) in [5, 5.41) is 4.42. The van der Waals surface area contributed by atoms with Gasteiger partial charge in [-0.25, -0.2) is 0 Å². The van der Waals surface area contributed by atoms with Gasteiger partial charge in [-0.3, -0.25) is 14.5 Å². The minimum Gasteiger partial charge on any atom is -0.359 e. The van der Waals surface area contributed by atoms with Gasteiger partial charge in [-0.1, -0.05) is 58.4 Å². The van der Waals surface area contributed by atoms with E-state index >= 15 is 0 Å². The van der Waals surface area contributed by atoms with Crippen molar-refractivity contribution in [2.24, 2.45) is 34.5 Å². The molecule has 1 unspecified atom stereocenters. The highest BCUT2D eigenvalue weighted by Gasteiger charge is 2.61. The minimum atomic E-state index is 0.0453. The Morgan fingerprint density at radius 3 is 2.36 bits per heavy atom. The number of piperidine rings is 1. The normalized spacial score (nSPS) is 39.3. The molecule has 0 spiro atoms. The van der Waals surface area contributed by atoms with Crippen molar-refractivity contribution >= 4 is 29.1 Å². The number of hydrogen-bond acceptors (Lipinski definition) is 3. The van der Waals surface area contributed by atoms with Crippen molar-refractivity contribution in [3.63, 3.8) is 0 Å². The van der Waals surface area contributed by atoms with Gasteiger partial charge >= 0.3 is 0 Å². The van der Waals surface area contributed by atoms with Crippen LogP contribution in [-0.2, 0) is 9.59 Å². The summed E-state index contributed by atoms with van der Waals surface area (Å²) in [6, 6.07) is 0.695. The van der Waals surface area contributed by atoms with Gasteiger partial charge in [0.25, 0.3) is 0 Å². The molecule has 1 heterocycles. The average Bonchev–Trinajstić information content (AvgIpc) is 3.29. The quantitative estimate of drug-likeness (QED) is 0.384. The maximum atomic E-state index is 14.7. The number of allylic oxidation sites excluding steroid dienone is 2. The molecule has 4 saturated carbocycles. The van der Waals surface area contributed by atoms with E-state index < -0.39 is 0 Å². The lowest BCUT2D eigenvalue weighted by atomic mass is 9.49. The van der Waals surface area contributed by atoms with Crippen molar-refractivity contribution < 1.29 is 9.59 Å². The van der Waals surface area contributed by atoms with Gasteiger partial charge in [-0.2, -0.15) is 0 Å². The molecule has 0 aromatic heterocycles. The van der Waals surface area contributed by atoms with Crippen LogP contribution in [0, 0.1) is 34.5 Å². The molecule has 0 radical (unpaired) electrons. The molecule has 1 aliphatic heterocycles. The molecule has 216 valence electrons. The first kappa shape index (κ1) is 27.7. The number of amides is 2. The summed E-state index contributed by atoms with van der Waals surface area (Å²) >= 11 is 6.08. The van der Waals surface area contributed by atoms with Crippen molar-refractivity contribution in [2.45, 2.75) is 135 Å². The Balaban J connectivity index is 1.24. The second kappa shape index (κ2) is 10.8. The molecule has 0 bridgehead atoms. The Labute approximate surface area is 241 Å². The third kappa shape index (κ3) is 4.69. The zero-order chi connectivity index (χ0) is 27.4. The summed E-state index contributed by atoms with van der Waals surface area (Å²) in [4.78, 5) is 31.2. The highest BCUT2D eigenvalue weighted by molar-refractivity contribution is 7.80. The Morgan fingerprint density at radius 2 is 1.64 bits per heavy atom. The topological polar surface area (TPSA) is 52.7 Å². The summed E-state index contributed by atoms with van der Waals surface area (Å²) < 4.78 is 0. The number of fused-ring (bicyclic) bond motifs is 5. The highest BCUT2D eigenvalue weighted by Crippen LogP contribution is 2.66. The lowest BCUT2D eigenvalue weighted by Gasteiger charge is -2.58. The van der Waals surface area contributed by atoms with Gasteiger partial charge in [-0.15, -0.1) is 0 Å². The predicted octanol–water partition coefficient (Wildman–Crippen LogP) is 6.96. The van der Waals surface area contributed by atoms with Crippen molar-refractivity contribution in [1.82, 2.24) is 15.1 Å². The molecule has 5 nitrogen and oxygen atoms in total.